The van der Waals surface area contributed by atoms with Gasteiger partial charge in [0.05, 0.1) is 28.3 Å². The number of hydrogen-bond acceptors (Lipinski definition) is 5. The molecule has 27 heavy (non-hydrogen) atoms. The molecule has 0 bridgehead atoms. The van der Waals surface area contributed by atoms with E-state index >= 15 is 0 Å². The van der Waals surface area contributed by atoms with Crippen molar-refractivity contribution in [1.82, 2.24) is 9.80 Å². The Balaban J connectivity index is 1.60. The fourth-order valence-corrected chi connectivity index (χ4v) is 6.06. The van der Waals surface area contributed by atoms with Crippen molar-refractivity contribution in [2.75, 3.05) is 49.1 Å². The van der Waals surface area contributed by atoms with E-state index in [9.17, 15) is 13.2 Å². The molecule has 0 unspecified atom stereocenters. The monoisotopic (exact) mass is 413 g/mol. The Hall–Kier alpha value is -1.31. The lowest BCUT2D eigenvalue weighted by Gasteiger charge is -2.40. The highest BCUT2D eigenvalue weighted by Crippen LogP contribution is 2.26. The minimum Gasteiger partial charge on any atom is -0.368 e. The van der Waals surface area contributed by atoms with Crippen molar-refractivity contribution in [1.29, 1.82) is 0 Å². The molecule has 3 rings (SSSR count). The van der Waals surface area contributed by atoms with Gasteiger partial charge in [-0.15, -0.1) is 0 Å². The highest BCUT2D eigenvalue weighted by molar-refractivity contribution is 7.91. The van der Waals surface area contributed by atoms with E-state index in [-0.39, 0.29) is 29.5 Å². The van der Waals surface area contributed by atoms with Gasteiger partial charge in [0.15, 0.2) is 9.84 Å². The summed E-state index contributed by atoms with van der Waals surface area (Å²) in [7, 11) is -3.00. The van der Waals surface area contributed by atoms with Crippen LogP contribution in [0, 0.1) is 0 Å². The first kappa shape index (κ1) is 20.4. The number of hydrogen-bond donors (Lipinski definition) is 0. The Bertz CT molecular complexity index is 778. The Morgan fingerprint density at radius 2 is 1.93 bits per heavy atom. The van der Waals surface area contributed by atoms with Crippen LogP contribution in [0.4, 0.5) is 5.69 Å². The van der Waals surface area contributed by atoms with E-state index in [4.69, 9.17) is 11.6 Å². The van der Waals surface area contributed by atoms with Crippen LogP contribution in [0.25, 0.3) is 0 Å². The summed E-state index contributed by atoms with van der Waals surface area (Å²) in [4.78, 5) is 19.2. The van der Waals surface area contributed by atoms with Gasteiger partial charge < -0.3 is 9.80 Å². The molecule has 2 heterocycles. The lowest BCUT2D eigenvalue weighted by Crippen LogP contribution is -2.56. The van der Waals surface area contributed by atoms with Crippen LogP contribution in [0.3, 0.4) is 0 Å². The van der Waals surface area contributed by atoms with Crippen molar-refractivity contribution in [2.24, 2.45) is 0 Å². The molecule has 1 aromatic rings. The van der Waals surface area contributed by atoms with Gasteiger partial charge in [-0.25, -0.2) is 8.42 Å². The molecule has 2 saturated heterocycles. The van der Waals surface area contributed by atoms with E-state index in [0.717, 1.165) is 36.9 Å². The summed E-state index contributed by atoms with van der Waals surface area (Å²) >= 11 is 6.30. The zero-order valence-corrected chi connectivity index (χ0v) is 17.5. The van der Waals surface area contributed by atoms with Crippen LogP contribution in [-0.2, 0) is 14.6 Å². The molecule has 0 aromatic heterocycles. The van der Waals surface area contributed by atoms with Crippen LogP contribution in [0.1, 0.15) is 20.3 Å². The van der Waals surface area contributed by atoms with Gasteiger partial charge in [-0.2, -0.15) is 0 Å². The number of amides is 1. The number of para-hydroxylation sites is 1. The molecule has 0 saturated carbocycles. The standard InChI is InChI=1S/C19H28ClN3O3S/c1-3-23(16-8-13-27(25,26)14-16)19(24)15(2)21-9-11-22(12-10-21)18-7-5-4-6-17(18)20/h4-7,15-16H,3,8-14H2,1-2H3/t15-,16-/m0/s1. The fraction of sp³-hybridized carbons (Fsp3) is 0.632. The third-order valence-electron chi connectivity index (χ3n) is 5.69. The van der Waals surface area contributed by atoms with E-state index < -0.39 is 9.84 Å². The summed E-state index contributed by atoms with van der Waals surface area (Å²) in [6.45, 7) is 7.57. The highest BCUT2D eigenvalue weighted by Gasteiger charge is 2.37. The van der Waals surface area contributed by atoms with E-state index in [1.807, 2.05) is 38.1 Å². The maximum Gasteiger partial charge on any atom is 0.239 e. The SMILES string of the molecule is CCN(C(=O)[C@H](C)N1CCN(c2ccccc2Cl)CC1)[C@H]1CCS(=O)(=O)C1. The van der Waals surface area contributed by atoms with E-state index in [1.165, 1.54) is 0 Å². The van der Waals surface area contributed by atoms with Crippen molar-refractivity contribution in [3.05, 3.63) is 29.3 Å². The summed E-state index contributed by atoms with van der Waals surface area (Å²) in [5.41, 5.74) is 1.03. The molecule has 2 aliphatic heterocycles. The fourth-order valence-electron chi connectivity index (χ4n) is 4.07. The van der Waals surface area contributed by atoms with E-state index in [0.29, 0.717) is 13.0 Å². The lowest BCUT2D eigenvalue weighted by molar-refractivity contribution is -0.138. The van der Waals surface area contributed by atoms with Crippen molar-refractivity contribution in [2.45, 2.75) is 32.4 Å². The van der Waals surface area contributed by atoms with E-state index in [1.54, 1.807) is 4.90 Å². The molecule has 2 aliphatic rings. The zero-order valence-electron chi connectivity index (χ0n) is 16.0. The Morgan fingerprint density at radius 1 is 1.26 bits per heavy atom. The summed E-state index contributed by atoms with van der Waals surface area (Å²) < 4.78 is 23.6. The van der Waals surface area contributed by atoms with Crippen molar-refractivity contribution >= 4 is 33.0 Å². The summed E-state index contributed by atoms with van der Waals surface area (Å²) in [5, 5.41) is 0.745. The average Bonchev–Trinajstić information content (AvgIpc) is 3.01. The van der Waals surface area contributed by atoms with Gasteiger partial charge in [-0.3, -0.25) is 9.69 Å². The maximum atomic E-state index is 13.0. The lowest BCUT2D eigenvalue weighted by atomic mass is 10.1. The van der Waals surface area contributed by atoms with Crippen LogP contribution < -0.4 is 4.90 Å². The van der Waals surface area contributed by atoms with Crippen molar-refractivity contribution in [3.63, 3.8) is 0 Å². The third kappa shape index (κ3) is 4.58. The largest absolute Gasteiger partial charge is 0.368 e. The highest BCUT2D eigenvalue weighted by atomic mass is 35.5. The first-order chi connectivity index (χ1) is 12.8. The Morgan fingerprint density at radius 3 is 2.48 bits per heavy atom. The van der Waals surface area contributed by atoms with Gasteiger partial charge in [-0.05, 0) is 32.4 Å². The second kappa shape index (κ2) is 8.37. The molecule has 0 radical (unpaired) electrons. The number of nitrogens with zero attached hydrogens (tertiary/aromatic N) is 3. The number of halogens is 1. The van der Waals surface area contributed by atoms with Gasteiger partial charge in [0.25, 0.3) is 0 Å². The normalized spacial score (nSPS) is 24.0. The van der Waals surface area contributed by atoms with Crippen LogP contribution in [-0.4, -0.2) is 80.4 Å². The molecule has 150 valence electrons. The molecule has 1 amide bonds. The van der Waals surface area contributed by atoms with Crippen molar-refractivity contribution < 1.29 is 13.2 Å². The Labute approximate surface area is 167 Å². The predicted molar refractivity (Wildman–Crippen MR) is 109 cm³/mol. The number of benzene rings is 1. The molecule has 8 heteroatoms. The molecule has 0 spiro atoms. The first-order valence-corrected chi connectivity index (χ1v) is 11.8. The molecular formula is C19H28ClN3O3S. The molecule has 6 nitrogen and oxygen atoms in total. The smallest absolute Gasteiger partial charge is 0.239 e. The summed E-state index contributed by atoms with van der Waals surface area (Å²) in [6, 6.07) is 7.39. The minimum atomic E-state index is -3.00. The van der Waals surface area contributed by atoms with Crippen molar-refractivity contribution in [3.8, 4) is 0 Å². The van der Waals surface area contributed by atoms with Gasteiger partial charge in [0, 0.05) is 38.8 Å². The molecule has 0 N–H and O–H groups in total. The van der Waals surface area contributed by atoms with Crippen LogP contribution in [0.2, 0.25) is 5.02 Å². The minimum absolute atomic E-state index is 0.0331. The maximum absolute atomic E-state index is 13.0. The number of anilines is 1. The van der Waals surface area contributed by atoms with Gasteiger partial charge >= 0.3 is 0 Å². The molecule has 0 aliphatic carbocycles. The first-order valence-electron chi connectivity index (χ1n) is 9.57. The van der Waals surface area contributed by atoms with Crippen LogP contribution >= 0.6 is 11.6 Å². The second-order valence-electron chi connectivity index (χ2n) is 7.33. The molecule has 1 aromatic carbocycles. The number of likely N-dealkylation sites (N-methyl/N-ethyl adjacent to an activating group) is 1. The number of piperazine rings is 1. The van der Waals surface area contributed by atoms with Gasteiger partial charge in [0.2, 0.25) is 5.91 Å². The molecular weight excluding hydrogens is 386 g/mol. The predicted octanol–water partition coefficient (Wildman–Crippen LogP) is 1.89. The number of carbonyl (C=O) groups is 1. The van der Waals surface area contributed by atoms with Crippen LogP contribution in [0.15, 0.2) is 24.3 Å². The van der Waals surface area contributed by atoms with E-state index in [2.05, 4.69) is 9.80 Å². The zero-order chi connectivity index (χ0) is 19.6. The average molecular weight is 414 g/mol. The van der Waals surface area contributed by atoms with Gasteiger partial charge in [0.1, 0.15) is 0 Å². The van der Waals surface area contributed by atoms with Crippen LogP contribution in [0.5, 0.6) is 0 Å². The third-order valence-corrected chi connectivity index (χ3v) is 7.76. The molecule has 2 atom stereocenters. The summed E-state index contributed by atoms with van der Waals surface area (Å²) in [5.74, 6) is 0.317. The van der Waals surface area contributed by atoms with Gasteiger partial charge in [-0.1, -0.05) is 23.7 Å². The topological polar surface area (TPSA) is 60.9 Å². The number of carbonyl (C=O) groups excluding carboxylic acids is 1. The quantitative estimate of drug-likeness (QED) is 0.737. The Kier molecular flexibility index (Phi) is 6.33. The summed E-state index contributed by atoms with van der Waals surface area (Å²) in [6.07, 6.45) is 0.551. The second-order valence-corrected chi connectivity index (χ2v) is 9.97. The number of sulfone groups is 1. The molecule has 2 fully saturated rings. The number of rotatable bonds is 5.